The zero-order valence-electron chi connectivity index (χ0n) is 80.0. The zero-order valence-corrected chi connectivity index (χ0v) is 86.0. The monoisotopic (exact) mass is 1810 g/mol. The number of benzene rings is 10. The Morgan fingerprint density at radius 1 is 0.310 bits per heavy atom. The van der Waals surface area contributed by atoms with Crippen LogP contribution in [0.1, 0.15) is 290 Å². The van der Waals surface area contributed by atoms with Crippen LogP contribution in [0.5, 0.6) is 0 Å². The fourth-order valence-corrected chi connectivity index (χ4v) is 36.5. The van der Waals surface area contributed by atoms with Crippen LogP contribution in [0.25, 0.3) is 33.4 Å². The number of allylic oxidation sites excluding steroid dienone is 12. The van der Waals surface area contributed by atoms with E-state index in [4.69, 9.17) is 17.0 Å². The molecule has 0 nitrogen and oxygen atoms in total. The Balaban J connectivity index is 0.000000151. The van der Waals surface area contributed by atoms with Gasteiger partial charge in [-0.1, -0.05) is 408 Å². The van der Waals surface area contributed by atoms with Crippen LogP contribution < -0.4 is 0 Å². The number of rotatable bonds is 9. The number of hydrogen-bond donors (Lipinski definition) is 0. The summed E-state index contributed by atoms with van der Waals surface area (Å²) in [5.74, 6) is 4.24. The van der Waals surface area contributed by atoms with Gasteiger partial charge in [0.2, 0.25) is 0 Å². The first kappa shape index (κ1) is 93.2. The topological polar surface area (TPSA) is 0 Å². The van der Waals surface area contributed by atoms with E-state index < -0.39 is 37.0 Å². The third-order valence-electron chi connectivity index (χ3n) is 31.7. The van der Waals surface area contributed by atoms with Gasteiger partial charge in [0.05, 0.1) is 16.1 Å². The van der Waals surface area contributed by atoms with Crippen molar-refractivity contribution in [1.82, 2.24) is 0 Å². The van der Waals surface area contributed by atoms with Gasteiger partial charge in [0.15, 0.2) is 0 Å². The molecule has 10 aliphatic carbocycles. The molecule has 10 aromatic rings. The molecule has 10 aliphatic rings. The first-order valence-corrected chi connectivity index (χ1v) is 59.9. The Labute approximate surface area is 782 Å². The molecule has 2 fully saturated rings. The van der Waals surface area contributed by atoms with Crippen LogP contribution in [0.4, 0.5) is 0 Å². The molecule has 0 saturated heterocycles. The predicted molar refractivity (Wildman–Crippen MR) is 551 cm³/mol. The molecule has 10 unspecified atom stereocenters. The van der Waals surface area contributed by atoms with Crippen molar-refractivity contribution in [1.29, 1.82) is 0 Å². The van der Waals surface area contributed by atoms with Crippen molar-refractivity contribution in [3.63, 3.8) is 0 Å². The molecule has 5 heteroatoms. The minimum atomic E-state index is -2.14. The molecule has 0 aliphatic heterocycles. The van der Waals surface area contributed by atoms with E-state index in [0.29, 0.717) is 34.8 Å². The Morgan fingerprint density at radius 2 is 0.619 bits per heavy atom. The molecule has 652 valence electrons. The van der Waals surface area contributed by atoms with Crippen molar-refractivity contribution in [2.75, 3.05) is 0 Å². The first-order valence-electron chi connectivity index (χ1n) is 47.3. The third-order valence-corrected chi connectivity index (χ3v) is 41.1. The molecule has 10 aromatic carbocycles. The summed E-state index contributed by atoms with van der Waals surface area (Å²) in [5, 5.41) is 0. The van der Waals surface area contributed by atoms with Gasteiger partial charge in [-0.15, -0.1) is 0 Å². The quantitative estimate of drug-likeness (QED) is 0.0998. The Bertz CT molecular complexity index is 5550. The second kappa shape index (κ2) is 36.7. The first-order chi connectivity index (χ1) is 59.1. The van der Waals surface area contributed by atoms with Crippen molar-refractivity contribution >= 4 is 66.6 Å². The second-order valence-corrected chi connectivity index (χ2v) is 58.5. The normalized spacial score (nSPS) is 22.6. The number of aryl methyl sites for hydroxylation is 5. The molecule has 0 amide bonds. The van der Waals surface area contributed by atoms with Gasteiger partial charge in [-0.2, -0.15) is 0 Å². The third kappa shape index (κ3) is 18.2. The van der Waals surface area contributed by atoms with E-state index in [9.17, 15) is 0 Å². The predicted octanol–water partition coefficient (Wildman–Crippen LogP) is 34.6. The molecular formula is C121H142Cl2Si2Zr. The molecular weight excluding hydrogens is 1670 g/mol. The number of hydrogen-bond acceptors (Lipinski definition) is 0. The van der Waals surface area contributed by atoms with Crippen LogP contribution in [0.3, 0.4) is 0 Å². The molecule has 0 spiro atoms. The van der Waals surface area contributed by atoms with Gasteiger partial charge in [0.1, 0.15) is 0 Å². The Morgan fingerprint density at radius 3 is 0.968 bits per heavy atom. The van der Waals surface area contributed by atoms with Crippen molar-refractivity contribution in [2.24, 2.45) is 11.8 Å². The summed E-state index contributed by atoms with van der Waals surface area (Å²) in [6.07, 6.45) is 23.7. The van der Waals surface area contributed by atoms with Crippen molar-refractivity contribution < 1.29 is 20.8 Å². The van der Waals surface area contributed by atoms with Crippen molar-refractivity contribution in [3.05, 3.63) is 404 Å². The summed E-state index contributed by atoms with van der Waals surface area (Å²) < 4.78 is 0. The van der Waals surface area contributed by atoms with E-state index in [1.165, 1.54) is 152 Å². The van der Waals surface area contributed by atoms with E-state index in [2.05, 4.69) is 391 Å². The SMILES string of the molecule is CC(C)(C)c1ccc2c(c1)C1=C(CC2)C([Si](C)(C)C2C(c3ccccc3)=CC3=C2CCc2ccc(C(C)(C)C)cc23)C(c2ccccc2)=C1.CC(C)(C)c1ccc2c(c1)C1=C(CC2)CC(c2ccccc2)=C1.CC(C)(C)c1ccc2c(c1)C1CC(c3ccccc3)C([Si](C)(C)C3C(c4ccccc4)CC4c5cc(C(C)(C)C)ccc5CCC43)C1CC2.[CH3-].[CH3-].[Cl][Zr+2][Cl]. The second-order valence-electron chi connectivity index (χ2n) is 45.0. The van der Waals surface area contributed by atoms with Gasteiger partial charge in [-0.05, 0) is 302 Å². The van der Waals surface area contributed by atoms with Gasteiger partial charge in [0, 0.05) is 11.1 Å². The molecule has 10 atom stereocenters. The van der Waals surface area contributed by atoms with E-state index in [1.807, 2.05) is 0 Å². The summed E-state index contributed by atoms with van der Waals surface area (Å²) in [5.41, 5.74) is 48.0. The summed E-state index contributed by atoms with van der Waals surface area (Å²) in [6, 6.07) is 94.3. The van der Waals surface area contributed by atoms with Gasteiger partial charge in [-0.3, -0.25) is 0 Å². The molecule has 0 aromatic heterocycles. The van der Waals surface area contributed by atoms with Crippen LogP contribution in [0.15, 0.2) is 278 Å². The number of halogens is 2. The minimum absolute atomic E-state index is 0. The Kier molecular flexibility index (Phi) is 27.2. The maximum absolute atomic E-state index is 4.93. The van der Waals surface area contributed by atoms with Gasteiger partial charge < -0.3 is 14.9 Å². The van der Waals surface area contributed by atoms with E-state index >= 15 is 0 Å². The van der Waals surface area contributed by atoms with E-state index in [0.717, 1.165) is 55.0 Å². The van der Waals surface area contributed by atoms with Gasteiger partial charge in [0.25, 0.3) is 0 Å². The molecule has 0 bridgehead atoms. The standard InChI is InChI=1S/C48H60Si.C48H52Si.C23H24.2CH3.2ClH.Zr/c2*1-47(2,3)35-23-19-33-21-25-37-43(39(33)27-35)29-41(31-15-11-9-12-16-31)45(37)49(7,8)46-38-26-22-34-20-24-36(48(4,5)6)28-40(34)44(38)30-42(46)32-17-13-10-14-18-32;1-23(2,3)20-12-11-17-9-10-18-13-19(14-21(18)22(17)15-20)16-7-5-4-6-8-16;;;;;/h9-20,23-24,27-28,37-38,41-46H,21-22,25-26,29-30H2,1-8H3;9-20,23-24,27-30,45-46H,21-22,25-26H2,1-8H3;4-8,11-12,14-15H,9-10,13H2,1-3H3;2*1H3;2*1H;/q;;;2*-1;;;+4/p-2. The average molecular weight is 1810 g/mol. The molecule has 0 radical (unpaired) electrons. The fraction of sp³-hybridized carbons (Fsp3) is 0.388. The van der Waals surface area contributed by atoms with Crippen molar-refractivity contribution in [2.45, 2.75) is 286 Å². The van der Waals surface area contributed by atoms with Crippen LogP contribution in [-0.2, 0) is 80.0 Å². The van der Waals surface area contributed by atoms with Crippen LogP contribution in [0.2, 0.25) is 48.4 Å². The molecule has 20 rings (SSSR count). The van der Waals surface area contributed by atoms with E-state index in [1.54, 1.807) is 61.2 Å². The average Bonchev–Trinajstić information content (AvgIpc) is 1.55. The Hall–Kier alpha value is -7.46. The van der Waals surface area contributed by atoms with Crippen LogP contribution in [-0.4, -0.2) is 16.1 Å². The molecule has 2 saturated carbocycles. The van der Waals surface area contributed by atoms with Crippen LogP contribution in [0, 0.1) is 26.7 Å². The summed E-state index contributed by atoms with van der Waals surface area (Å²) >= 11 is -0.826. The van der Waals surface area contributed by atoms with Crippen molar-refractivity contribution in [3.8, 4) is 0 Å². The van der Waals surface area contributed by atoms with Gasteiger partial charge in [-0.25, -0.2) is 0 Å². The fourth-order valence-electron chi connectivity index (χ4n) is 25.5. The summed E-state index contributed by atoms with van der Waals surface area (Å²) in [7, 11) is 5.84. The summed E-state index contributed by atoms with van der Waals surface area (Å²) in [4.78, 5) is 0. The zero-order chi connectivity index (χ0) is 87.3. The molecule has 0 N–H and O–H groups in total. The maximum atomic E-state index is 4.93. The van der Waals surface area contributed by atoms with Gasteiger partial charge >= 0.3 is 37.9 Å². The molecule has 0 heterocycles. The van der Waals surface area contributed by atoms with E-state index in [-0.39, 0.29) is 41.9 Å². The summed E-state index contributed by atoms with van der Waals surface area (Å²) in [6.45, 7) is 46.6. The number of fused-ring (bicyclic) bond motifs is 12. The van der Waals surface area contributed by atoms with Crippen LogP contribution >= 0.6 is 17.0 Å². The molecule has 126 heavy (non-hydrogen) atoms.